The van der Waals surface area contributed by atoms with E-state index in [1.165, 1.54) is 4.90 Å². The quantitative estimate of drug-likeness (QED) is 0.795. The minimum atomic E-state index is -0.181. The normalized spacial score (nSPS) is 22.2. The number of thioether (sulfide) groups is 1. The Balaban J connectivity index is 1.44. The summed E-state index contributed by atoms with van der Waals surface area (Å²) in [6, 6.07) is 7.84. The predicted octanol–water partition coefficient (Wildman–Crippen LogP) is 3.07. The maximum atomic E-state index is 5.86. The molecule has 0 saturated carbocycles. The van der Waals surface area contributed by atoms with E-state index in [0.29, 0.717) is 13.2 Å². The average Bonchev–Trinajstić information content (AvgIpc) is 3.11. The molecule has 0 amide bonds. The largest absolute Gasteiger partial charge is 0.348 e. The number of hydrogen-bond acceptors (Lipinski definition) is 4. The number of imidazole rings is 1. The third-order valence-electron chi connectivity index (χ3n) is 2.98. The van der Waals surface area contributed by atoms with Gasteiger partial charge in [-0.25, -0.2) is 4.98 Å². The van der Waals surface area contributed by atoms with Gasteiger partial charge in [-0.05, 0) is 24.3 Å². The second kappa shape index (κ2) is 6.63. The molecular formula is C14H15ClN2O2S. The van der Waals surface area contributed by atoms with Crippen LogP contribution in [-0.2, 0) is 16.0 Å². The van der Waals surface area contributed by atoms with E-state index in [2.05, 4.69) is 4.98 Å². The van der Waals surface area contributed by atoms with Crippen molar-refractivity contribution in [3.05, 3.63) is 48.0 Å². The first kappa shape index (κ1) is 13.9. The summed E-state index contributed by atoms with van der Waals surface area (Å²) in [5.41, 5.74) is 0. The standard InChI is InChI=1S/C14H15ClN2O2S/c15-11-1-3-13(4-2-11)20-9-12-8-18-14(19-12)7-17-6-5-16-10-17/h1-6,10,12,14H,7-9H2. The van der Waals surface area contributed by atoms with Crippen molar-refractivity contribution in [1.29, 1.82) is 0 Å². The minimum Gasteiger partial charge on any atom is -0.348 e. The lowest BCUT2D eigenvalue weighted by atomic mass is 10.4. The van der Waals surface area contributed by atoms with E-state index in [1.807, 2.05) is 35.0 Å². The summed E-state index contributed by atoms with van der Waals surface area (Å²) >= 11 is 7.62. The zero-order valence-corrected chi connectivity index (χ0v) is 12.4. The molecule has 2 heterocycles. The fourth-order valence-corrected chi connectivity index (χ4v) is 2.99. The number of ether oxygens (including phenoxy) is 2. The van der Waals surface area contributed by atoms with Crippen molar-refractivity contribution >= 4 is 23.4 Å². The first-order chi connectivity index (χ1) is 9.79. The van der Waals surface area contributed by atoms with Gasteiger partial charge in [-0.1, -0.05) is 11.6 Å². The van der Waals surface area contributed by atoms with Gasteiger partial charge < -0.3 is 14.0 Å². The molecule has 1 aromatic carbocycles. The van der Waals surface area contributed by atoms with Crippen LogP contribution in [0.1, 0.15) is 0 Å². The highest BCUT2D eigenvalue weighted by atomic mass is 35.5. The van der Waals surface area contributed by atoms with Crippen molar-refractivity contribution in [3.8, 4) is 0 Å². The lowest BCUT2D eigenvalue weighted by Gasteiger charge is -2.11. The molecule has 0 bridgehead atoms. The Hall–Kier alpha value is -1.01. The van der Waals surface area contributed by atoms with Crippen LogP contribution < -0.4 is 0 Å². The average molecular weight is 311 g/mol. The molecule has 3 rings (SSSR count). The van der Waals surface area contributed by atoms with Crippen LogP contribution in [0.25, 0.3) is 0 Å². The molecule has 106 valence electrons. The lowest BCUT2D eigenvalue weighted by Crippen LogP contribution is -2.18. The van der Waals surface area contributed by atoms with Gasteiger partial charge in [0.05, 0.1) is 25.6 Å². The van der Waals surface area contributed by atoms with Crippen LogP contribution in [0.15, 0.2) is 47.9 Å². The van der Waals surface area contributed by atoms with E-state index in [0.717, 1.165) is 10.8 Å². The number of benzene rings is 1. The van der Waals surface area contributed by atoms with Gasteiger partial charge in [-0.2, -0.15) is 0 Å². The van der Waals surface area contributed by atoms with Crippen molar-refractivity contribution in [2.75, 3.05) is 12.4 Å². The van der Waals surface area contributed by atoms with Crippen LogP contribution >= 0.6 is 23.4 Å². The Kier molecular flexibility index (Phi) is 4.62. The molecule has 2 unspecified atom stereocenters. The number of nitrogens with zero attached hydrogens (tertiary/aromatic N) is 2. The summed E-state index contributed by atoms with van der Waals surface area (Å²) in [6.07, 6.45) is 5.37. The summed E-state index contributed by atoms with van der Waals surface area (Å²) < 4.78 is 13.5. The van der Waals surface area contributed by atoms with Crippen LogP contribution in [0.4, 0.5) is 0 Å². The van der Waals surface area contributed by atoms with Crippen molar-refractivity contribution in [2.45, 2.75) is 23.8 Å². The van der Waals surface area contributed by atoms with Crippen LogP contribution in [0, 0.1) is 0 Å². The molecule has 2 aromatic rings. The second-order valence-corrected chi connectivity index (χ2v) is 6.08. The van der Waals surface area contributed by atoms with Crippen molar-refractivity contribution in [3.63, 3.8) is 0 Å². The Morgan fingerprint density at radius 3 is 2.95 bits per heavy atom. The van der Waals surface area contributed by atoms with Gasteiger partial charge >= 0.3 is 0 Å². The highest BCUT2D eigenvalue weighted by molar-refractivity contribution is 7.99. The molecule has 0 aliphatic carbocycles. The number of halogens is 1. The molecule has 0 spiro atoms. The van der Waals surface area contributed by atoms with Crippen LogP contribution in [-0.4, -0.2) is 34.3 Å². The van der Waals surface area contributed by atoms with Gasteiger partial charge in [0.15, 0.2) is 6.29 Å². The Morgan fingerprint density at radius 2 is 2.20 bits per heavy atom. The van der Waals surface area contributed by atoms with Gasteiger partial charge in [0, 0.05) is 28.1 Å². The van der Waals surface area contributed by atoms with Crippen LogP contribution in [0.5, 0.6) is 0 Å². The van der Waals surface area contributed by atoms with E-state index in [4.69, 9.17) is 21.1 Å². The van der Waals surface area contributed by atoms with Crippen molar-refractivity contribution in [1.82, 2.24) is 9.55 Å². The lowest BCUT2D eigenvalue weighted by molar-refractivity contribution is -0.0640. The molecule has 6 heteroatoms. The number of hydrogen-bond donors (Lipinski definition) is 0. The molecule has 2 atom stereocenters. The third kappa shape index (κ3) is 3.76. The Bertz CT molecular complexity index is 533. The summed E-state index contributed by atoms with van der Waals surface area (Å²) in [6.45, 7) is 1.32. The van der Waals surface area contributed by atoms with Gasteiger partial charge in [0.1, 0.15) is 0 Å². The zero-order valence-electron chi connectivity index (χ0n) is 10.8. The first-order valence-corrected chi connectivity index (χ1v) is 7.77. The predicted molar refractivity (Wildman–Crippen MR) is 79.0 cm³/mol. The van der Waals surface area contributed by atoms with Crippen LogP contribution in [0.2, 0.25) is 5.02 Å². The summed E-state index contributed by atoms with van der Waals surface area (Å²) in [5, 5.41) is 0.759. The number of aromatic nitrogens is 2. The van der Waals surface area contributed by atoms with E-state index in [9.17, 15) is 0 Å². The topological polar surface area (TPSA) is 36.3 Å². The molecule has 1 saturated heterocycles. The molecule has 20 heavy (non-hydrogen) atoms. The van der Waals surface area contributed by atoms with E-state index in [1.54, 1.807) is 24.3 Å². The number of rotatable bonds is 5. The molecule has 0 N–H and O–H groups in total. The Morgan fingerprint density at radius 1 is 1.35 bits per heavy atom. The molecule has 1 aromatic heterocycles. The monoisotopic (exact) mass is 310 g/mol. The molecule has 1 aliphatic heterocycles. The highest BCUT2D eigenvalue weighted by Crippen LogP contribution is 2.24. The van der Waals surface area contributed by atoms with Gasteiger partial charge in [0.2, 0.25) is 0 Å². The molecule has 0 radical (unpaired) electrons. The van der Waals surface area contributed by atoms with Crippen LogP contribution in [0.3, 0.4) is 0 Å². The maximum absolute atomic E-state index is 5.86. The van der Waals surface area contributed by atoms with E-state index < -0.39 is 0 Å². The SMILES string of the molecule is Clc1ccc(SCC2COC(Cn3ccnc3)O2)cc1. The first-order valence-electron chi connectivity index (χ1n) is 6.41. The smallest absolute Gasteiger partial charge is 0.175 e. The van der Waals surface area contributed by atoms with Crippen molar-refractivity contribution < 1.29 is 9.47 Å². The summed E-state index contributed by atoms with van der Waals surface area (Å²) in [7, 11) is 0. The minimum absolute atomic E-state index is 0.129. The third-order valence-corrected chi connectivity index (χ3v) is 4.38. The van der Waals surface area contributed by atoms with Gasteiger partial charge in [0.25, 0.3) is 0 Å². The second-order valence-electron chi connectivity index (χ2n) is 4.55. The summed E-state index contributed by atoms with van der Waals surface area (Å²) in [5.74, 6) is 0.877. The fourth-order valence-electron chi connectivity index (χ4n) is 1.98. The maximum Gasteiger partial charge on any atom is 0.175 e. The molecular weight excluding hydrogens is 296 g/mol. The zero-order chi connectivity index (χ0) is 13.8. The van der Waals surface area contributed by atoms with E-state index >= 15 is 0 Å². The van der Waals surface area contributed by atoms with Gasteiger partial charge in [-0.3, -0.25) is 0 Å². The van der Waals surface area contributed by atoms with Gasteiger partial charge in [-0.15, -0.1) is 11.8 Å². The van der Waals surface area contributed by atoms with E-state index in [-0.39, 0.29) is 12.4 Å². The fraction of sp³-hybridized carbons (Fsp3) is 0.357. The summed E-state index contributed by atoms with van der Waals surface area (Å²) in [4.78, 5) is 5.19. The highest BCUT2D eigenvalue weighted by Gasteiger charge is 2.26. The van der Waals surface area contributed by atoms with Crippen molar-refractivity contribution in [2.24, 2.45) is 0 Å². The Labute approximate surface area is 127 Å². The molecule has 1 fully saturated rings. The molecule has 1 aliphatic rings. The molecule has 4 nitrogen and oxygen atoms in total.